The Kier molecular flexibility index (Phi) is 6.42. The van der Waals surface area contributed by atoms with E-state index in [1.165, 1.54) is 18.2 Å². The predicted octanol–water partition coefficient (Wildman–Crippen LogP) is 6.37. The van der Waals surface area contributed by atoms with Crippen LogP contribution in [0.15, 0.2) is 54.6 Å². The van der Waals surface area contributed by atoms with Gasteiger partial charge in [0.25, 0.3) is 0 Å². The van der Waals surface area contributed by atoms with Gasteiger partial charge in [0.1, 0.15) is 11.6 Å². The summed E-state index contributed by atoms with van der Waals surface area (Å²) in [6.07, 6.45) is 2.89. The monoisotopic (exact) mass is 406 g/mol. The van der Waals surface area contributed by atoms with E-state index in [1.54, 1.807) is 24.3 Å². The number of unbranched alkanes of at least 4 members (excludes halogenated alkanes) is 1. The summed E-state index contributed by atoms with van der Waals surface area (Å²) in [7, 11) is 0. The molecule has 0 N–H and O–H groups in total. The van der Waals surface area contributed by atoms with Crippen LogP contribution in [0.1, 0.15) is 49.2 Å². The SMILES string of the molecule is CCCCC1COC(c2ccc(C#Cc3ccc4cc(F)ccc4c3)c(F)c2)OC1. The summed E-state index contributed by atoms with van der Waals surface area (Å²) < 4.78 is 39.5. The topological polar surface area (TPSA) is 18.5 Å². The molecule has 1 aliphatic heterocycles. The molecule has 0 spiro atoms. The molecule has 4 rings (SSSR count). The zero-order chi connectivity index (χ0) is 20.9. The summed E-state index contributed by atoms with van der Waals surface area (Å²) in [5, 5.41) is 1.70. The highest BCUT2D eigenvalue weighted by molar-refractivity contribution is 5.83. The quantitative estimate of drug-likeness (QED) is 0.469. The van der Waals surface area contributed by atoms with E-state index >= 15 is 0 Å². The molecule has 1 fully saturated rings. The number of ether oxygens (including phenoxy) is 2. The fourth-order valence-electron chi connectivity index (χ4n) is 3.61. The van der Waals surface area contributed by atoms with Gasteiger partial charge in [-0.2, -0.15) is 0 Å². The van der Waals surface area contributed by atoms with Crippen molar-refractivity contribution >= 4 is 10.8 Å². The van der Waals surface area contributed by atoms with E-state index in [1.807, 2.05) is 12.1 Å². The maximum atomic E-state index is 14.6. The molecule has 154 valence electrons. The molecule has 4 heteroatoms. The van der Waals surface area contributed by atoms with Crippen molar-refractivity contribution < 1.29 is 18.3 Å². The van der Waals surface area contributed by atoms with Crippen LogP contribution in [0.4, 0.5) is 8.78 Å². The summed E-state index contributed by atoms with van der Waals surface area (Å²) in [5.41, 5.74) is 1.73. The molecule has 1 aliphatic rings. The highest BCUT2D eigenvalue weighted by atomic mass is 19.1. The second-order valence-electron chi connectivity index (χ2n) is 7.70. The van der Waals surface area contributed by atoms with Crippen LogP contribution in [0, 0.1) is 29.4 Å². The van der Waals surface area contributed by atoms with E-state index in [-0.39, 0.29) is 5.82 Å². The molecule has 0 amide bonds. The molecule has 1 saturated heterocycles. The molecule has 1 heterocycles. The average Bonchev–Trinajstić information content (AvgIpc) is 2.77. The van der Waals surface area contributed by atoms with Crippen LogP contribution in [-0.2, 0) is 9.47 Å². The van der Waals surface area contributed by atoms with Crippen molar-refractivity contribution in [2.45, 2.75) is 32.5 Å². The van der Waals surface area contributed by atoms with Gasteiger partial charge in [-0.25, -0.2) is 8.78 Å². The summed E-state index contributed by atoms with van der Waals surface area (Å²) in [4.78, 5) is 0. The minimum Gasteiger partial charge on any atom is -0.348 e. The van der Waals surface area contributed by atoms with Crippen LogP contribution in [0.5, 0.6) is 0 Å². The largest absolute Gasteiger partial charge is 0.348 e. The van der Waals surface area contributed by atoms with Crippen LogP contribution in [0.25, 0.3) is 10.8 Å². The molecule has 0 saturated carbocycles. The predicted molar refractivity (Wildman–Crippen MR) is 114 cm³/mol. The Labute approximate surface area is 175 Å². The Morgan fingerprint density at radius 1 is 0.900 bits per heavy atom. The normalized spacial score (nSPS) is 18.8. The summed E-state index contributed by atoms with van der Waals surface area (Å²) >= 11 is 0. The van der Waals surface area contributed by atoms with E-state index in [0.717, 1.165) is 35.6 Å². The number of rotatable bonds is 4. The third-order valence-electron chi connectivity index (χ3n) is 5.34. The van der Waals surface area contributed by atoms with E-state index in [2.05, 4.69) is 18.8 Å². The fourth-order valence-corrected chi connectivity index (χ4v) is 3.61. The zero-order valence-electron chi connectivity index (χ0n) is 17.0. The molecule has 0 aliphatic carbocycles. The van der Waals surface area contributed by atoms with Gasteiger partial charge in [-0.05, 0) is 53.6 Å². The number of halogens is 2. The third-order valence-corrected chi connectivity index (χ3v) is 5.34. The third kappa shape index (κ3) is 4.87. The minimum absolute atomic E-state index is 0.272. The first-order valence-electron chi connectivity index (χ1n) is 10.4. The molecule has 0 aromatic heterocycles. The van der Waals surface area contributed by atoms with Crippen molar-refractivity contribution in [1.82, 2.24) is 0 Å². The maximum Gasteiger partial charge on any atom is 0.183 e. The molecular formula is C26H24F2O2. The second kappa shape index (κ2) is 9.38. The van der Waals surface area contributed by atoms with Crippen LogP contribution < -0.4 is 0 Å². The summed E-state index contributed by atoms with van der Waals surface area (Å²) in [6, 6.07) is 15.0. The molecule has 30 heavy (non-hydrogen) atoms. The molecule has 2 nitrogen and oxygen atoms in total. The highest BCUT2D eigenvalue weighted by Crippen LogP contribution is 2.28. The lowest BCUT2D eigenvalue weighted by Gasteiger charge is -2.29. The van der Waals surface area contributed by atoms with Gasteiger partial charge in [0.2, 0.25) is 0 Å². The number of hydrogen-bond donors (Lipinski definition) is 0. The lowest BCUT2D eigenvalue weighted by atomic mass is 10.0. The maximum absolute atomic E-state index is 14.6. The van der Waals surface area contributed by atoms with E-state index in [9.17, 15) is 8.78 Å². The van der Waals surface area contributed by atoms with Crippen molar-refractivity contribution in [3.05, 3.63) is 82.9 Å². The highest BCUT2D eigenvalue weighted by Gasteiger charge is 2.23. The van der Waals surface area contributed by atoms with Gasteiger partial charge in [0, 0.05) is 17.0 Å². The number of hydrogen-bond acceptors (Lipinski definition) is 2. The Morgan fingerprint density at radius 2 is 1.67 bits per heavy atom. The first kappa shape index (κ1) is 20.5. The van der Waals surface area contributed by atoms with E-state index < -0.39 is 12.1 Å². The van der Waals surface area contributed by atoms with Gasteiger partial charge in [-0.3, -0.25) is 0 Å². The smallest absolute Gasteiger partial charge is 0.183 e. The standard InChI is InChI=1S/C26H24F2O2/c1-2-3-4-19-16-29-26(30-17-19)23-10-9-20(25(28)15-23)7-5-18-6-8-22-14-24(27)12-11-21(22)13-18/h6,8-15,19,26H,2-4,16-17H2,1H3. The minimum atomic E-state index is -0.528. The van der Waals surface area contributed by atoms with Gasteiger partial charge in [0.05, 0.1) is 18.8 Å². The second-order valence-corrected chi connectivity index (χ2v) is 7.70. The molecule has 0 radical (unpaired) electrons. The van der Waals surface area contributed by atoms with Crippen LogP contribution in [0.3, 0.4) is 0 Å². The molecule has 3 aromatic rings. The van der Waals surface area contributed by atoms with Crippen molar-refractivity contribution in [3.8, 4) is 11.8 Å². The van der Waals surface area contributed by atoms with Crippen molar-refractivity contribution in [2.75, 3.05) is 13.2 Å². The average molecular weight is 406 g/mol. The first-order valence-corrected chi connectivity index (χ1v) is 10.4. The molecule has 3 aromatic carbocycles. The molecular weight excluding hydrogens is 382 g/mol. The van der Waals surface area contributed by atoms with Gasteiger partial charge in [0.15, 0.2) is 6.29 Å². The summed E-state index contributed by atoms with van der Waals surface area (Å²) in [6.45, 7) is 3.45. The van der Waals surface area contributed by atoms with Crippen LogP contribution >= 0.6 is 0 Å². The van der Waals surface area contributed by atoms with Gasteiger partial charge in [-0.15, -0.1) is 0 Å². The van der Waals surface area contributed by atoms with Crippen molar-refractivity contribution in [1.29, 1.82) is 0 Å². The first-order chi connectivity index (χ1) is 14.6. The van der Waals surface area contributed by atoms with Gasteiger partial charge >= 0.3 is 0 Å². The van der Waals surface area contributed by atoms with E-state index in [0.29, 0.717) is 30.3 Å². The molecule has 0 unspecified atom stereocenters. The number of benzene rings is 3. The Balaban J connectivity index is 1.45. The summed E-state index contributed by atoms with van der Waals surface area (Å²) in [5.74, 6) is 5.61. The van der Waals surface area contributed by atoms with Crippen LogP contribution in [-0.4, -0.2) is 13.2 Å². The lowest BCUT2D eigenvalue weighted by Crippen LogP contribution is -2.27. The Bertz CT molecular complexity index is 1090. The van der Waals surface area contributed by atoms with Gasteiger partial charge in [-0.1, -0.05) is 49.8 Å². The van der Waals surface area contributed by atoms with Crippen LogP contribution in [0.2, 0.25) is 0 Å². The lowest BCUT2D eigenvalue weighted by molar-refractivity contribution is -0.206. The molecule has 0 bridgehead atoms. The fraction of sp³-hybridized carbons (Fsp3) is 0.308. The number of fused-ring (bicyclic) bond motifs is 1. The van der Waals surface area contributed by atoms with Gasteiger partial charge < -0.3 is 9.47 Å². The van der Waals surface area contributed by atoms with Crippen molar-refractivity contribution in [2.24, 2.45) is 5.92 Å². The molecule has 0 atom stereocenters. The van der Waals surface area contributed by atoms with Crippen molar-refractivity contribution in [3.63, 3.8) is 0 Å². The Hall–Kier alpha value is -2.74. The van der Waals surface area contributed by atoms with E-state index in [4.69, 9.17) is 9.47 Å². The Morgan fingerprint density at radius 3 is 2.43 bits per heavy atom. The zero-order valence-corrected chi connectivity index (χ0v) is 17.0.